The number of hydrogen-bond donors (Lipinski definition) is 2. The van der Waals surface area contributed by atoms with Crippen molar-refractivity contribution in [2.75, 3.05) is 31.6 Å². The Labute approximate surface area is 182 Å². The van der Waals surface area contributed by atoms with Crippen LogP contribution in [0.2, 0.25) is 0 Å². The lowest BCUT2D eigenvalue weighted by Gasteiger charge is -2.33. The summed E-state index contributed by atoms with van der Waals surface area (Å²) in [5.74, 6) is 0.714. The van der Waals surface area contributed by atoms with Crippen LogP contribution in [0.3, 0.4) is 0 Å². The Morgan fingerprint density at radius 2 is 2.03 bits per heavy atom. The van der Waals surface area contributed by atoms with E-state index in [1.165, 1.54) is 5.56 Å². The number of ether oxygens (including phenoxy) is 1. The Hall–Kier alpha value is -3.23. The lowest BCUT2D eigenvalue weighted by molar-refractivity contribution is -0.0285. The number of benzene rings is 1. The van der Waals surface area contributed by atoms with Crippen LogP contribution in [0.4, 0.5) is 10.5 Å². The number of aryl methyl sites for hydroxylation is 2. The number of pyridine rings is 1. The standard InChI is InChI=1S/C23H28N6O2/c1-17-12-18(2)29(27-17)22-9-8-20(13-24-22)26-23(30)25-14-21-16-28(10-11-31-21)15-19-6-4-3-5-7-19/h3-9,12-13,21H,10-11,14-16H2,1-2H3,(H2,25,26,30)/t21-/m0/s1. The number of nitrogens with zero attached hydrogens (tertiary/aromatic N) is 4. The van der Waals surface area contributed by atoms with Gasteiger partial charge in [-0.1, -0.05) is 30.3 Å². The maximum Gasteiger partial charge on any atom is 0.319 e. The summed E-state index contributed by atoms with van der Waals surface area (Å²) in [5, 5.41) is 10.1. The molecule has 0 unspecified atom stereocenters. The molecule has 0 saturated carbocycles. The molecule has 31 heavy (non-hydrogen) atoms. The minimum atomic E-state index is -0.274. The van der Waals surface area contributed by atoms with Gasteiger partial charge in [-0.2, -0.15) is 5.10 Å². The van der Waals surface area contributed by atoms with Gasteiger partial charge >= 0.3 is 6.03 Å². The van der Waals surface area contributed by atoms with E-state index in [0.29, 0.717) is 24.7 Å². The normalized spacial score (nSPS) is 16.8. The second kappa shape index (κ2) is 9.72. The second-order valence-corrected chi connectivity index (χ2v) is 7.79. The van der Waals surface area contributed by atoms with Crippen LogP contribution in [-0.2, 0) is 11.3 Å². The molecule has 0 spiro atoms. The van der Waals surface area contributed by atoms with Crippen LogP contribution in [-0.4, -0.2) is 58.0 Å². The van der Waals surface area contributed by atoms with Gasteiger partial charge in [0.15, 0.2) is 5.82 Å². The van der Waals surface area contributed by atoms with E-state index in [4.69, 9.17) is 4.74 Å². The first-order valence-corrected chi connectivity index (χ1v) is 10.5. The number of hydrogen-bond acceptors (Lipinski definition) is 5. The fraction of sp³-hybridized carbons (Fsp3) is 0.348. The van der Waals surface area contributed by atoms with Crippen molar-refractivity contribution >= 4 is 11.7 Å². The zero-order valence-electron chi connectivity index (χ0n) is 17.9. The van der Waals surface area contributed by atoms with Crippen LogP contribution in [0.25, 0.3) is 5.82 Å². The average molecular weight is 421 g/mol. The van der Waals surface area contributed by atoms with Crippen molar-refractivity contribution in [1.82, 2.24) is 25.0 Å². The molecule has 8 nitrogen and oxygen atoms in total. The Kier molecular flexibility index (Phi) is 6.59. The van der Waals surface area contributed by atoms with Crippen molar-refractivity contribution in [3.8, 4) is 5.82 Å². The van der Waals surface area contributed by atoms with Crippen LogP contribution >= 0.6 is 0 Å². The summed E-state index contributed by atoms with van der Waals surface area (Å²) in [6.07, 6.45) is 1.60. The van der Waals surface area contributed by atoms with Gasteiger partial charge in [0, 0.05) is 31.9 Å². The summed E-state index contributed by atoms with van der Waals surface area (Å²) in [4.78, 5) is 19.1. The van der Waals surface area contributed by atoms with Crippen LogP contribution < -0.4 is 10.6 Å². The van der Waals surface area contributed by atoms with Gasteiger partial charge in [-0.15, -0.1) is 0 Å². The van der Waals surface area contributed by atoms with Crippen molar-refractivity contribution in [1.29, 1.82) is 0 Å². The van der Waals surface area contributed by atoms with Crippen molar-refractivity contribution in [2.45, 2.75) is 26.5 Å². The molecule has 2 aromatic heterocycles. The molecular formula is C23H28N6O2. The molecule has 1 saturated heterocycles. The Bertz CT molecular complexity index is 1000. The molecule has 1 atom stereocenters. The topological polar surface area (TPSA) is 84.3 Å². The fourth-order valence-electron chi connectivity index (χ4n) is 3.72. The van der Waals surface area contributed by atoms with Gasteiger partial charge in [0.2, 0.25) is 0 Å². The molecular weight excluding hydrogens is 392 g/mol. The van der Waals surface area contributed by atoms with Crippen LogP contribution in [0.15, 0.2) is 54.7 Å². The van der Waals surface area contributed by atoms with E-state index in [2.05, 4.69) is 49.9 Å². The highest BCUT2D eigenvalue weighted by Crippen LogP contribution is 2.13. The van der Waals surface area contributed by atoms with Gasteiger partial charge in [-0.25, -0.2) is 14.5 Å². The molecule has 0 bridgehead atoms. The van der Waals surface area contributed by atoms with Gasteiger partial charge in [-0.05, 0) is 37.6 Å². The van der Waals surface area contributed by atoms with Gasteiger partial charge in [-0.3, -0.25) is 4.90 Å². The summed E-state index contributed by atoms with van der Waals surface area (Å²) in [6.45, 7) is 7.61. The molecule has 1 fully saturated rings. The summed E-state index contributed by atoms with van der Waals surface area (Å²) in [7, 11) is 0. The number of anilines is 1. The van der Waals surface area contributed by atoms with Crippen molar-refractivity contribution in [3.05, 3.63) is 71.7 Å². The number of nitrogens with one attached hydrogen (secondary N) is 2. The maximum atomic E-state index is 12.3. The molecule has 3 aromatic rings. The number of rotatable bonds is 6. The van der Waals surface area contributed by atoms with Crippen LogP contribution in [0, 0.1) is 13.8 Å². The lowest BCUT2D eigenvalue weighted by Crippen LogP contribution is -2.47. The fourth-order valence-corrected chi connectivity index (χ4v) is 3.72. The zero-order chi connectivity index (χ0) is 21.6. The molecule has 4 rings (SSSR count). The molecule has 2 N–H and O–H groups in total. The smallest absolute Gasteiger partial charge is 0.319 e. The highest BCUT2D eigenvalue weighted by Gasteiger charge is 2.21. The van der Waals surface area contributed by atoms with Crippen molar-refractivity contribution < 1.29 is 9.53 Å². The summed E-state index contributed by atoms with van der Waals surface area (Å²) < 4.78 is 7.60. The molecule has 0 aliphatic carbocycles. The van der Waals surface area contributed by atoms with E-state index in [0.717, 1.165) is 31.0 Å². The lowest BCUT2D eigenvalue weighted by atomic mass is 10.2. The minimum Gasteiger partial charge on any atom is -0.374 e. The number of amides is 2. The first kappa shape index (κ1) is 21.0. The zero-order valence-corrected chi connectivity index (χ0v) is 17.9. The SMILES string of the molecule is Cc1cc(C)n(-c2ccc(NC(=O)NC[C@H]3CN(Cc4ccccc4)CCO3)cn2)n1. The quantitative estimate of drug-likeness (QED) is 0.641. The first-order valence-electron chi connectivity index (χ1n) is 10.5. The Morgan fingerprint density at radius 1 is 1.19 bits per heavy atom. The predicted octanol–water partition coefficient (Wildman–Crippen LogP) is 2.91. The van der Waals surface area contributed by atoms with Crippen molar-refractivity contribution in [2.24, 2.45) is 0 Å². The van der Waals surface area contributed by atoms with Crippen LogP contribution in [0.1, 0.15) is 17.0 Å². The highest BCUT2D eigenvalue weighted by atomic mass is 16.5. The van der Waals surface area contributed by atoms with E-state index in [1.54, 1.807) is 10.9 Å². The molecule has 1 aliphatic rings. The number of carbonyl (C=O) groups excluding carboxylic acids is 1. The third-order valence-corrected chi connectivity index (χ3v) is 5.19. The highest BCUT2D eigenvalue weighted by molar-refractivity contribution is 5.89. The number of morpholine rings is 1. The molecule has 162 valence electrons. The van der Waals surface area contributed by atoms with E-state index in [9.17, 15) is 4.79 Å². The number of carbonyl (C=O) groups is 1. The van der Waals surface area contributed by atoms with E-state index < -0.39 is 0 Å². The van der Waals surface area contributed by atoms with Gasteiger partial charge < -0.3 is 15.4 Å². The third kappa shape index (κ3) is 5.68. The monoisotopic (exact) mass is 420 g/mol. The molecule has 2 amide bonds. The van der Waals surface area contributed by atoms with Crippen molar-refractivity contribution in [3.63, 3.8) is 0 Å². The number of urea groups is 1. The van der Waals surface area contributed by atoms with Gasteiger partial charge in [0.1, 0.15) is 0 Å². The predicted molar refractivity (Wildman–Crippen MR) is 119 cm³/mol. The average Bonchev–Trinajstić information content (AvgIpc) is 3.12. The van der Waals surface area contributed by atoms with Crippen LogP contribution in [0.5, 0.6) is 0 Å². The first-order chi connectivity index (χ1) is 15.1. The van der Waals surface area contributed by atoms with E-state index in [-0.39, 0.29) is 12.1 Å². The summed E-state index contributed by atoms with van der Waals surface area (Å²) in [5.41, 5.74) is 3.86. The van der Waals surface area contributed by atoms with Gasteiger partial charge in [0.25, 0.3) is 0 Å². The van der Waals surface area contributed by atoms with Gasteiger partial charge in [0.05, 0.1) is 30.3 Å². The van der Waals surface area contributed by atoms with E-state index in [1.807, 2.05) is 38.1 Å². The Balaban J connectivity index is 1.25. The molecule has 1 aromatic carbocycles. The summed E-state index contributed by atoms with van der Waals surface area (Å²) >= 11 is 0. The third-order valence-electron chi connectivity index (χ3n) is 5.19. The maximum absolute atomic E-state index is 12.3. The second-order valence-electron chi connectivity index (χ2n) is 7.79. The molecule has 0 radical (unpaired) electrons. The molecule has 8 heteroatoms. The molecule has 1 aliphatic heterocycles. The number of aromatic nitrogens is 3. The van der Waals surface area contributed by atoms with E-state index >= 15 is 0 Å². The molecule has 3 heterocycles. The minimum absolute atomic E-state index is 0.0326. The Morgan fingerprint density at radius 3 is 2.74 bits per heavy atom. The largest absolute Gasteiger partial charge is 0.374 e. The summed E-state index contributed by atoms with van der Waals surface area (Å²) in [6, 6.07) is 15.8.